The summed E-state index contributed by atoms with van der Waals surface area (Å²) in [7, 11) is -3.77. The van der Waals surface area contributed by atoms with Gasteiger partial charge in [0.05, 0.1) is 0 Å². The Bertz CT molecular complexity index is 476. The Morgan fingerprint density at radius 3 is 2.47 bits per heavy atom. The SMILES string of the molecule is CC(C)C(Br)CNS(=O)(=O)c1ccccc1F. The van der Waals surface area contributed by atoms with Gasteiger partial charge in [0.15, 0.2) is 0 Å². The predicted octanol–water partition coefficient (Wildman–Crippen LogP) is 2.52. The van der Waals surface area contributed by atoms with Crippen molar-refractivity contribution in [1.82, 2.24) is 4.72 Å². The van der Waals surface area contributed by atoms with Gasteiger partial charge in [-0.1, -0.05) is 41.9 Å². The lowest BCUT2D eigenvalue weighted by molar-refractivity contribution is 0.547. The van der Waals surface area contributed by atoms with Gasteiger partial charge in [0.25, 0.3) is 0 Å². The number of halogens is 2. The summed E-state index contributed by atoms with van der Waals surface area (Å²) in [5, 5.41) is 0. The first kappa shape index (κ1) is 14.6. The van der Waals surface area contributed by atoms with Gasteiger partial charge in [-0.15, -0.1) is 0 Å². The molecule has 0 bridgehead atoms. The molecule has 1 aromatic carbocycles. The molecule has 0 saturated carbocycles. The van der Waals surface area contributed by atoms with E-state index in [2.05, 4.69) is 20.7 Å². The van der Waals surface area contributed by atoms with Gasteiger partial charge in [0.1, 0.15) is 10.7 Å². The van der Waals surface area contributed by atoms with Crippen LogP contribution in [0.2, 0.25) is 0 Å². The van der Waals surface area contributed by atoms with E-state index in [1.54, 1.807) is 0 Å². The van der Waals surface area contributed by atoms with Crippen LogP contribution >= 0.6 is 15.9 Å². The molecular weight excluding hydrogens is 309 g/mol. The fourth-order valence-electron chi connectivity index (χ4n) is 1.17. The highest BCUT2D eigenvalue weighted by Gasteiger charge is 2.20. The van der Waals surface area contributed by atoms with Gasteiger partial charge in [0, 0.05) is 11.4 Å². The number of benzene rings is 1. The normalized spacial score (nSPS) is 13.9. The van der Waals surface area contributed by atoms with E-state index >= 15 is 0 Å². The van der Waals surface area contributed by atoms with Crippen LogP contribution < -0.4 is 4.72 Å². The highest BCUT2D eigenvalue weighted by Crippen LogP contribution is 2.15. The highest BCUT2D eigenvalue weighted by atomic mass is 79.9. The average molecular weight is 324 g/mol. The lowest BCUT2D eigenvalue weighted by Gasteiger charge is -2.14. The second kappa shape index (κ2) is 5.93. The van der Waals surface area contributed by atoms with E-state index in [0.717, 1.165) is 6.07 Å². The van der Waals surface area contributed by atoms with Gasteiger partial charge in [-0.2, -0.15) is 0 Å². The minimum Gasteiger partial charge on any atom is -0.210 e. The molecule has 17 heavy (non-hydrogen) atoms. The zero-order chi connectivity index (χ0) is 13.1. The van der Waals surface area contributed by atoms with E-state index in [-0.39, 0.29) is 16.3 Å². The molecule has 1 N–H and O–H groups in total. The standard InChI is InChI=1S/C11H15BrFNO2S/c1-8(2)9(12)7-14-17(15,16)11-6-4-3-5-10(11)13/h3-6,8-9,14H,7H2,1-2H3. The largest absolute Gasteiger partial charge is 0.243 e. The third-order valence-electron chi connectivity index (χ3n) is 2.32. The van der Waals surface area contributed by atoms with Crippen molar-refractivity contribution in [3.8, 4) is 0 Å². The number of alkyl halides is 1. The van der Waals surface area contributed by atoms with Crippen molar-refractivity contribution < 1.29 is 12.8 Å². The lowest BCUT2D eigenvalue weighted by Crippen LogP contribution is -2.32. The van der Waals surface area contributed by atoms with Crippen molar-refractivity contribution in [1.29, 1.82) is 0 Å². The Morgan fingerprint density at radius 2 is 1.94 bits per heavy atom. The summed E-state index contributed by atoms with van der Waals surface area (Å²) >= 11 is 3.37. The second-order valence-electron chi connectivity index (χ2n) is 4.04. The Labute approximate surface area is 110 Å². The molecule has 0 spiro atoms. The first-order valence-corrected chi connectivity index (χ1v) is 7.62. The van der Waals surface area contributed by atoms with Crippen LogP contribution in [-0.4, -0.2) is 19.8 Å². The smallest absolute Gasteiger partial charge is 0.210 e. The molecule has 0 aliphatic rings. The quantitative estimate of drug-likeness (QED) is 0.846. The summed E-state index contributed by atoms with van der Waals surface area (Å²) < 4.78 is 39.3. The lowest BCUT2D eigenvalue weighted by atomic mass is 10.1. The number of hydrogen-bond acceptors (Lipinski definition) is 2. The summed E-state index contributed by atoms with van der Waals surface area (Å²) in [5.74, 6) is -0.450. The summed E-state index contributed by atoms with van der Waals surface area (Å²) in [4.78, 5) is -0.299. The third kappa shape index (κ3) is 4.04. The molecule has 0 aliphatic heterocycles. The summed E-state index contributed by atoms with van der Waals surface area (Å²) in [6.07, 6.45) is 0. The number of rotatable bonds is 5. The zero-order valence-corrected chi connectivity index (χ0v) is 12.1. The van der Waals surface area contributed by atoms with Gasteiger partial charge in [-0.3, -0.25) is 0 Å². The summed E-state index contributed by atoms with van der Waals surface area (Å²) in [5.41, 5.74) is 0. The highest BCUT2D eigenvalue weighted by molar-refractivity contribution is 9.09. The fourth-order valence-corrected chi connectivity index (χ4v) is 2.68. The van der Waals surface area contributed by atoms with Crippen LogP contribution in [-0.2, 0) is 10.0 Å². The summed E-state index contributed by atoms with van der Waals surface area (Å²) in [6.45, 7) is 4.17. The van der Waals surface area contributed by atoms with Gasteiger partial charge < -0.3 is 0 Å². The molecule has 1 rings (SSSR count). The molecule has 0 aromatic heterocycles. The van der Waals surface area contributed by atoms with Crippen LogP contribution in [0, 0.1) is 11.7 Å². The third-order valence-corrected chi connectivity index (χ3v) is 5.16. The minimum atomic E-state index is -3.77. The maximum absolute atomic E-state index is 13.3. The molecule has 0 radical (unpaired) electrons. The Hall–Kier alpha value is -0.460. The van der Waals surface area contributed by atoms with Crippen LogP contribution in [0.15, 0.2) is 29.2 Å². The maximum atomic E-state index is 13.3. The van der Waals surface area contributed by atoms with E-state index in [1.165, 1.54) is 18.2 Å². The Balaban J connectivity index is 2.80. The van der Waals surface area contributed by atoms with Crippen LogP contribution in [0.25, 0.3) is 0 Å². The Morgan fingerprint density at radius 1 is 1.35 bits per heavy atom. The van der Waals surface area contributed by atoms with Crippen molar-refractivity contribution in [2.24, 2.45) is 5.92 Å². The molecule has 1 atom stereocenters. The van der Waals surface area contributed by atoms with Crippen LogP contribution in [0.3, 0.4) is 0 Å². The zero-order valence-electron chi connectivity index (χ0n) is 9.65. The van der Waals surface area contributed by atoms with Gasteiger partial charge in [-0.25, -0.2) is 17.5 Å². The van der Waals surface area contributed by atoms with Crippen molar-refractivity contribution in [3.63, 3.8) is 0 Å². The van der Waals surface area contributed by atoms with E-state index in [4.69, 9.17) is 0 Å². The molecular formula is C11H15BrFNO2S. The number of nitrogens with one attached hydrogen (secondary N) is 1. The Kier molecular flexibility index (Phi) is 5.09. The van der Waals surface area contributed by atoms with Crippen molar-refractivity contribution in [3.05, 3.63) is 30.1 Å². The molecule has 1 aromatic rings. The minimum absolute atomic E-state index is 0.0176. The molecule has 0 amide bonds. The van der Waals surface area contributed by atoms with Crippen molar-refractivity contribution >= 4 is 26.0 Å². The molecule has 0 saturated heterocycles. The molecule has 96 valence electrons. The van der Waals surface area contributed by atoms with Gasteiger partial charge >= 0.3 is 0 Å². The molecule has 0 heterocycles. The molecule has 3 nitrogen and oxygen atoms in total. The molecule has 0 aliphatic carbocycles. The molecule has 1 unspecified atom stereocenters. The van der Waals surface area contributed by atoms with E-state index in [0.29, 0.717) is 5.92 Å². The van der Waals surface area contributed by atoms with E-state index < -0.39 is 15.8 Å². The number of hydrogen-bond donors (Lipinski definition) is 1. The van der Waals surface area contributed by atoms with Gasteiger partial charge in [0.2, 0.25) is 10.0 Å². The topological polar surface area (TPSA) is 46.2 Å². The van der Waals surface area contributed by atoms with E-state index in [1.807, 2.05) is 13.8 Å². The predicted molar refractivity (Wildman–Crippen MR) is 69.1 cm³/mol. The van der Waals surface area contributed by atoms with Gasteiger partial charge in [-0.05, 0) is 18.1 Å². The first-order valence-electron chi connectivity index (χ1n) is 5.23. The van der Waals surface area contributed by atoms with Crippen molar-refractivity contribution in [2.45, 2.75) is 23.6 Å². The van der Waals surface area contributed by atoms with E-state index in [9.17, 15) is 12.8 Å². The molecule has 6 heteroatoms. The molecule has 0 fully saturated rings. The second-order valence-corrected chi connectivity index (χ2v) is 6.95. The van der Waals surface area contributed by atoms with Crippen LogP contribution in [0.5, 0.6) is 0 Å². The number of sulfonamides is 1. The van der Waals surface area contributed by atoms with Crippen molar-refractivity contribution in [2.75, 3.05) is 6.54 Å². The summed E-state index contributed by atoms with van der Waals surface area (Å²) in [6, 6.07) is 5.32. The fraction of sp³-hybridized carbons (Fsp3) is 0.455. The monoisotopic (exact) mass is 323 g/mol. The van der Waals surface area contributed by atoms with Crippen LogP contribution in [0.1, 0.15) is 13.8 Å². The average Bonchev–Trinajstić information content (AvgIpc) is 2.26. The maximum Gasteiger partial charge on any atom is 0.243 e. The van der Waals surface area contributed by atoms with Crippen LogP contribution in [0.4, 0.5) is 4.39 Å². The first-order chi connectivity index (χ1) is 7.84.